The molecule has 1 aromatic heterocycles. The molecule has 0 N–H and O–H groups in total. The van der Waals surface area contributed by atoms with Crippen molar-refractivity contribution >= 4 is 40.6 Å². The van der Waals surface area contributed by atoms with Gasteiger partial charge in [-0.3, -0.25) is 4.79 Å². The fourth-order valence-electron chi connectivity index (χ4n) is 1.78. The molecular formula is C15H18N2O2S3. The molecule has 2 aromatic rings. The summed E-state index contributed by atoms with van der Waals surface area (Å²) >= 11 is 4.92. The molecule has 0 saturated heterocycles. The number of hydrogen-bond acceptors (Lipinski definition) is 7. The number of benzene rings is 1. The molecule has 0 atom stereocenters. The van der Waals surface area contributed by atoms with Crippen molar-refractivity contribution in [3.63, 3.8) is 0 Å². The number of carbonyl (C=O) groups is 1. The van der Waals surface area contributed by atoms with Crippen LogP contribution in [-0.4, -0.2) is 28.3 Å². The molecule has 0 amide bonds. The fourth-order valence-corrected chi connectivity index (χ4v) is 4.68. The maximum Gasteiger partial charge on any atom is 0.175 e. The number of ether oxygens (including phenoxy) is 1. The third kappa shape index (κ3) is 4.72. The van der Waals surface area contributed by atoms with Crippen LogP contribution in [0.15, 0.2) is 26.9 Å². The second-order valence-corrected chi connectivity index (χ2v) is 8.08. The van der Waals surface area contributed by atoms with E-state index in [-0.39, 0.29) is 5.78 Å². The molecule has 0 aliphatic heterocycles. The molecule has 0 aliphatic rings. The lowest BCUT2D eigenvalue weighted by molar-refractivity contribution is 0.101. The summed E-state index contributed by atoms with van der Waals surface area (Å²) in [5.41, 5.74) is 1.72. The van der Waals surface area contributed by atoms with Crippen LogP contribution in [0.1, 0.15) is 36.7 Å². The van der Waals surface area contributed by atoms with E-state index in [1.807, 2.05) is 25.1 Å². The first kappa shape index (κ1) is 17.3. The fraction of sp³-hybridized carbons (Fsp3) is 0.400. The molecule has 118 valence electrons. The first-order valence-electron chi connectivity index (χ1n) is 6.99. The number of hydrogen-bond donors (Lipinski definition) is 0. The monoisotopic (exact) mass is 354 g/mol. The highest BCUT2D eigenvalue weighted by atomic mass is 32.2. The van der Waals surface area contributed by atoms with Gasteiger partial charge in [0.2, 0.25) is 0 Å². The lowest BCUT2D eigenvalue weighted by atomic mass is 10.1. The molecule has 0 bridgehead atoms. The predicted octanol–water partition coefficient (Wildman–Crippen LogP) is 4.54. The Bertz CT molecular complexity index is 643. The van der Waals surface area contributed by atoms with Gasteiger partial charge >= 0.3 is 0 Å². The van der Waals surface area contributed by atoms with Crippen molar-refractivity contribution in [2.45, 2.75) is 35.2 Å². The van der Waals surface area contributed by atoms with Gasteiger partial charge in [0.05, 0.1) is 6.61 Å². The smallest absolute Gasteiger partial charge is 0.175 e. The summed E-state index contributed by atoms with van der Waals surface area (Å²) in [5.74, 6) is 2.59. The Morgan fingerprint density at radius 2 is 1.95 bits per heavy atom. The Hall–Kier alpha value is -1.05. The molecule has 0 fully saturated rings. The van der Waals surface area contributed by atoms with Crippen LogP contribution in [0.3, 0.4) is 0 Å². The number of thioether (sulfide) groups is 2. The van der Waals surface area contributed by atoms with E-state index in [1.54, 1.807) is 41.8 Å². The molecule has 4 nitrogen and oxygen atoms in total. The highest BCUT2D eigenvalue weighted by Gasteiger charge is 2.10. The van der Waals surface area contributed by atoms with Gasteiger partial charge in [0.25, 0.3) is 0 Å². The van der Waals surface area contributed by atoms with E-state index in [9.17, 15) is 4.79 Å². The Morgan fingerprint density at radius 1 is 1.23 bits per heavy atom. The molecule has 1 aromatic carbocycles. The van der Waals surface area contributed by atoms with Crippen LogP contribution in [0.4, 0.5) is 0 Å². The van der Waals surface area contributed by atoms with Crippen LogP contribution in [0.2, 0.25) is 0 Å². The minimum absolute atomic E-state index is 0.0619. The van der Waals surface area contributed by atoms with Crippen molar-refractivity contribution in [2.24, 2.45) is 0 Å². The lowest BCUT2D eigenvalue weighted by Gasteiger charge is -2.10. The Balaban J connectivity index is 2.11. The Labute approximate surface area is 143 Å². The third-order valence-electron chi connectivity index (χ3n) is 2.77. The molecule has 0 radical (unpaired) electrons. The summed E-state index contributed by atoms with van der Waals surface area (Å²) in [4.78, 5) is 11.5. The molecule has 0 unspecified atom stereocenters. The summed E-state index contributed by atoms with van der Waals surface area (Å²) in [7, 11) is 0. The maximum absolute atomic E-state index is 11.5. The van der Waals surface area contributed by atoms with Crippen molar-refractivity contribution in [3.8, 4) is 5.75 Å². The molecule has 0 spiro atoms. The second-order valence-electron chi connectivity index (χ2n) is 4.37. The normalized spacial score (nSPS) is 10.7. The van der Waals surface area contributed by atoms with Gasteiger partial charge in [0.15, 0.2) is 14.5 Å². The van der Waals surface area contributed by atoms with E-state index >= 15 is 0 Å². The van der Waals surface area contributed by atoms with Gasteiger partial charge in [0, 0.05) is 16.9 Å². The minimum atomic E-state index is 0.0619. The number of carbonyl (C=O) groups excluding carboxylic acids is 1. The van der Waals surface area contributed by atoms with Crippen molar-refractivity contribution in [1.82, 2.24) is 10.2 Å². The number of nitrogens with zero attached hydrogens (tertiary/aromatic N) is 2. The predicted molar refractivity (Wildman–Crippen MR) is 93.5 cm³/mol. The second kappa shape index (κ2) is 8.55. The van der Waals surface area contributed by atoms with E-state index in [2.05, 4.69) is 17.1 Å². The summed E-state index contributed by atoms with van der Waals surface area (Å²) in [6.07, 6.45) is 0. The molecule has 22 heavy (non-hydrogen) atoms. The number of aromatic nitrogens is 2. The topological polar surface area (TPSA) is 52.1 Å². The molecular weight excluding hydrogens is 336 g/mol. The van der Waals surface area contributed by atoms with Gasteiger partial charge in [-0.15, -0.1) is 10.2 Å². The Morgan fingerprint density at radius 3 is 2.59 bits per heavy atom. The molecule has 0 saturated carbocycles. The summed E-state index contributed by atoms with van der Waals surface area (Å²) < 4.78 is 7.57. The molecule has 1 heterocycles. The van der Waals surface area contributed by atoms with Crippen molar-refractivity contribution in [3.05, 3.63) is 29.3 Å². The maximum atomic E-state index is 11.5. The van der Waals surface area contributed by atoms with E-state index in [0.29, 0.717) is 17.9 Å². The quantitative estimate of drug-likeness (QED) is 0.512. The van der Waals surface area contributed by atoms with Gasteiger partial charge in [-0.05, 0) is 37.8 Å². The van der Waals surface area contributed by atoms with E-state index < -0.39 is 0 Å². The standard InChI is InChI=1S/C15H18N2O2S3/c1-4-19-13-7-6-11(10(3)18)8-12(13)9-21-15-17-16-14(22-15)20-5-2/h6-8H,4-5,9H2,1-3H3. The van der Waals surface area contributed by atoms with Gasteiger partial charge in [0.1, 0.15) is 5.75 Å². The van der Waals surface area contributed by atoms with E-state index in [1.165, 1.54) is 0 Å². The largest absolute Gasteiger partial charge is 0.494 e. The van der Waals surface area contributed by atoms with Gasteiger partial charge in [-0.2, -0.15) is 0 Å². The van der Waals surface area contributed by atoms with Gasteiger partial charge in [-0.1, -0.05) is 41.8 Å². The first-order valence-corrected chi connectivity index (χ1v) is 9.78. The number of Topliss-reactive ketones (excluding diaryl/α,β-unsaturated/α-hetero) is 1. The summed E-state index contributed by atoms with van der Waals surface area (Å²) in [6.45, 7) is 6.23. The molecule has 7 heteroatoms. The highest BCUT2D eigenvalue weighted by molar-refractivity contribution is 8.02. The van der Waals surface area contributed by atoms with Crippen molar-refractivity contribution in [2.75, 3.05) is 12.4 Å². The zero-order chi connectivity index (χ0) is 15.9. The zero-order valence-electron chi connectivity index (χ0n) is 12.8. The number of ketones is 1. The van der Waals surface area contributed by atoms with Gasteiger partial charge in [-0.25, -0.2) is 0 Å². The Kier molecular flexibility index (Phi) is 6.72. The van der Waals surface area contributed by atoms with Crippen molar-refractivity contribution < 1.29 is 9.53 Å². The zero-order valence-corrected chi connectivity index (χ0v) is 15.2. The van der Waals surface area contributed by atoms with Crippen LogP contribution >= 0.6 is 34.9 Å². The molecule has 2 rings (SSSR count). The van der Waals surface area contributed by atoms with E-state index in [0.717, 1.165) is 25.7 Å². The molecule has 0 aliphatic carbocycles. The third-order valence-corrected chi connectivity index (χ3v) is 5.89. The average Bonchev–Trinajstić information content (AvgIpc) is 2.94. The average molecular weight is 355 g/mol. The van der Waals surface area contributed by atoms with Crippen LogP contribution in [0.25, 0.3) is 0 Å². The van der Waals surface area contributed by atoms with Crippen LogP contribution < -0.4 is 4.74 Å². The van der Waals surface area contributed by atoms with Crippen LogP contribution in [0.5, 0.6) is 5.75 Å². The SMILES string of the molecule is CCOc1ccc(C(C)=O)cc1CSc1nnc(SCC)s1. The minimum Gasteiger partial charge on any atom is -0.494 e. The van der Waals surface area contributed by atoms with Crippen molar-refractivity contribution in [1.29, 1.82) is 0 Å². The van der Waals surface area contributed by atoms with Gasteiger partial charge < -0.3 is 4.74 Å². The number of rotatable bonds is 8. The van der Waals surface area contributed by atoms with Crippen LogP contribution in [0, 0.1) is 0 Å². The lowest BCUT2D eigenvalue weighted by Crippen LogP contribution is -1.99. The van der Waals surface area contributed by atoms with E-state index in [4.69, 9.17) is 4.74 Å². The summed E-state index contributed by atoms with van der Waals surface area (Å²) in [6, 6.07) is 5.58. The van der Waals surface area contributed by atoms with Crippen LogP contribution in [-0.2, 0) is 5.75 Å². The highest BCUT2D eigenvalue weighted by Crippen LogP contribution is 2.33. The first-order chi connectivity index (χ1) is 10.6. The summed E-state index contributed by atoms with van der Waals surface area (Å²) in [5, 5.41) is 8.33.